The number of pyridine rings is 1. The van der Waals surface area contributed by atoms with Gasteiger partial charge in [0.1, 0.15) is 6.07 Å². The van der Waals surface area contributed by atoms with Crippen LogP contribution in [0.3, 0.4) is 0 Å². The smallest absolute Gasteiger partial charge is 0.226 e. The molecule has 50 valence electrons. The second-order valence-corrected chi connectivity index (χ2v) is 2.02. The van der Waals surface area contributed by atoms with Crippen LogP contribution in [0.2, 0.25) is 5.02 Å². The summed E-state index contributed by atoms with van der Waals surface area (Å²) in [5.41, 5.74) is 0.256. The van der Waals surface area contributed by atoms with Crippen LogP contribution in [0.4, 0.5) is 4.39 Å². The first-order valence-electron chi connectivity index (χ1n) is 2.45. The molecule has 0 spiro atoms. The van der Waals surface area contributed by atoms with Gasteiger partial charge in [0, 0.05) is 6.20 Å². The van der Waals surface area contributed by atoms with Gasteiger partial charge in [-0.15, -0.1) is 0 Å². The van der Waals surface area contributed by atoms with E-state index in [4.69, 9.17) is 16.9 Å². The minimum Gasteiger partial charge on any atom is -0.226 e. The van der Waals surface area contributed by atoms with Crippen molar-refractivity contribution in [3.63, 3.8) is 0 Å². The number of nitrogens with zero attached hydrogens (tertiary/aromatic N) is 2. The summed E-state index contributed by atoms with van der Waals surface area (Å²) in [7, 11) is 0. The lowest BCUT2D eigenvalue weighted by atomic mass is 10.3. The van der Waals surface area contributed by atoms with E-state index in [0.29, 0.717) is 0 Å². The zero-order valence-corrected chi connectivity index (χ0v) is 5.56. The van der Waals surface area contributed by atoms with Crippen LogP contribution in [0.5, 0.6) is 0 Å². The molecule has 0 aliphatic heterocycles. The standard InChI is InChI=1S/C6H2ClFN2/c7-5-1-4(2-9)3-10-6(5)8/h1,3H. The molecular weight excluding hydrogens is 155 g/mol. The molecule has 0 atom stereocenters. The van der Waals surface area contributed by atoms with Crippen molar-refractivity contribution in [2.75, 3.05) is 0 Å². The Bertz CT molecular complexity index is 292. The molecule has 0 aliphatic rings. The van der Waals surface area contributed by atoms with Gasteiger partial charge in [-0.3, -0.25) is 0 Å². The first-order valence-corrected chi connectivity index (χ1v) is 2.83. The fourth-order valence-corrected chi connectivity index (χ4v) is 0.649. The lowest BCUT2D eigenvalue weighted by Crippen LogP contribution is -1.84. The monoisotopic (exact) mass is 156 g/mol. The minimum absolute atomic E-state index is 0.126. The Morgan fingerprint density at radius 3 is 2.90 bits per heavy atom. The lowest BCUT2D eigenvalue weighted by Gasteiger charge is -1.90. The van der Waals surface area contributed by atoms with E-state index in [-0.39, 0.29) is 10.6 Å². The van der Waals surface area contributed by atoms with Crippen molar-refractivity contribution in [2.24, 2.45) is 0 Å². The fraction of sp³-hybridized carbons (Fsp3) is 0. The van der Waals surface area contributed by atoms with Gasteiger partial charge in [-0.2, -0.15) is 9.65 Å². The Morgan fingerprint density at radius 1 is 1.70 bits per heavy atom. The Morgan fingerprint density at radius 2 is 2.40 bits per heavy atom. The molecule has 0 N–H and O–H groups in total. The number of nitriles is 1. The van der Waals surface area contributed by atoms with Gasteiger partial charge in [0.15, 0.2) is 0 Å². The Kier molecular flexibility index (Phi) is 1.83. The SMILES string of the molecule is N#Cc1cnc(F)c(Cl)c1. The van der Waals surface area contributed by atoms with Crippen LogP contribution >= 0.6 is 11.6 Å². The van der Waals surface area contributed by atoms with Crippen LogP contribution in [0, 0.1) is 17.3 Å². The molecule has 4 heteroatoms. The highest BCUT2D eigenvalue weighted by molar-refractivity contribution is 6.30. The zero-order valence-electron chi connectivity index (χ0n) is 4.81. The van der Waals surface area contributed by atoms with E-state index >= 15 is 0 Å². The molecule has 1 heterocycles. The summed E-state index contributed by atoms with van der Waals surface area (Å²) in [6, 6.07) is 3.01. The molecule has 0 bridgehead atoms. The third-order valence-corrected chi connectivity index (χ3v) is 1.19. The molecule has 1 aromatic rings. The Balaban J connectivity index is 3.20. The summed E-state index contributed by atoms with van der Waals surface area (Å²) in [5.74, 6) is -0.749. The van der Waals surface area contributed by atoms with Crippen LogP contribution in [0.25, 0.3) is 0 Å². The number of halogens is 2. The number of rotatable bonds is 0. The van der Waals surface area contributed by atoms with E-state index in [1.54, 1.807) is 6.07 Å². The van der Waals surface area contributed by atoms with Crippen molar-refractivity contribution in [1.82, 2.24) is 4.98 Å². The topological polar surface area (TPSA) is 36.7 Å². The first-order chi connectivity index (χ1) is 4.74. The van der Waals surface area contributed by atoms with Gasteiger partial charge in [-0.05, 0) is 6.07 Å². The van der Waals surface area contributed by atoms with Crippen LogP contribution in [0.1, 0.15) is 5.56 Å². The summed E-state index contributed by atoms with van der Waals surface area (Å²) in [6.07, 6.45) is 1.13. The van der Waals surface area contributed by atoms with Crippen LogP contribution in [0.15, 0.2) is 12.3 Å². The predicted octanol–water partition coefficient (Wildman–Crippen LogP) is 1.75. The van der Waals surface area contributed by atoms with Crippen molar-refractivity contribution < 1.29 is 4.39 Å². The van der Waals surface area contributed by atoms with Crippen molar-refractivity contribution in [3.8, 4) is 6.07 Å². The maximum Gasteiger partial charge on any atom is 0.231 e. The number of aromatic nitrogens is 1. The van der Waals surface area contributed by atoms with E-state index < -0.39 is 5.95 Å². The molecule has 0 fully saturated rings. The average Bonchev–Trinajstić information content (AvgIpc) is 1.95. The molecule has 2 nitrogen and oxygen atoms in total. The quantitative estimate of drug-likeness (QED) is 0.537. The summed E-state index contributed by atoms with van der Waals surface area (Å²) < 4.78 is 12.3. The van der Waals surface area contributed by atoms with Gasteiger partial charge in [0.05, 0.1) is 10.6 Å². The van der Waals surface area contributed by atoms with Gasteiger partial charge in [0.2, 0.25) is 5.95 Å². The molecule has 1 aromatic heterocycles. The summed E-state index contributed by atoms with van der Waals surface area (Å²) in [6.45, 7) is 0. The van der Waals surface area contributed by atoms with Crippen molar-refractivity contribution in [1.29, 1.82) is 5.26 Å². The van der Waals surface area contributed by atoms with Gasteiger partial charge in [0.25, 0.3) is 0 Å². The zero-order chi connectivity index (χ0) is 7.56. The molecule has 0 aliphatic carbocycles. The summed E-state index contributed by atoms with van der Waals surface area (Å²) >= 11 is 5.30. The molecular formula is C6H2ClFN2. The largest absolute Gasteiger partial charge is 0.231 e. The van der Waals surface area contributed by atoms with Crippen LogP contribution in [-0.4, -0.2) is 4.98 Å². The highest BCUT2D eigenvalue weighted by atomic mass is 35.5. The Hall–Kier alpha value is -1.14. The average molecular weight is 157 g/mol. The summed E-state index contributed by atoms with van der Waals surface area (Å²) in [5, 5.41) is 8.16. The van der Waals surface area contributed by atoms with E-state index in [1.807, 2.05) is 0 Å². The van der Waals surface area contributed by atoms with E-state index in [9.17, 15) is 4.39 Å². The Labute approximate surface area is 61.9 Å². The second kappa shape index (κ2) is 2.63. The maximum absolute atomic E-state index is 12.3. The van der Waals surface area contributed by atoms with E-state index in [0.717, 1.165) is 6.20 Å². The third-order valence-electron chi connectivity index (χ3n) is 0.925. The predicted molar refractivity (Wildman–Crippen MR) is 33.9 cm³/mol. The third kappa shape index (κ3) is 1.23. The van der Waals surface area contributed by atoms with E-state index in [1.165, 1.54) is 6.07 Å². The van der Waals surface area contributed by atoms with Gasteiger partial charge in [-0.1, -0.05) is 11.6 Å². The highest BCUT2D eigenvalue weighted by Crippen LogP contribution is 2.12. The molecule has 0 unspecified atom stereocenters. The summed E-state index contributed by atoms with van der Waals surface area (Å²) in [4.78, 5) is 3.23. The number of hydrogen-bond acceptors (Lipinski definition) is 2. The second-order valence-electron chi connectivity index (χ2n) is 1.61. The van der Waals surface area contributed by atoms with E-state index in [2.05, 4.69) is 4.98 Å². The number of hydrogen-bond donors (Lipinski definition) is 0. The molecule has 0 amide bonds. The van der Waals surface area contributed by atoms with Crippen LogP contribution < -0.4 is 0 Å². The van der Waals surface area contributed by atoms with Crippen molar-refractivity contribution in [3.05, 3.63) is 28.8 Å². The lowest BCUT2D eigenvalue weighted by molar-refractivity contribution is 0.584. The van der Waals surface area contributed by atoms with Gasteiger partial charge < -0.3 is 0 Å². The van der Waals surface area contributed by atoms with Crippen LogP contribution in [-0.2, 0) is 0 Å². The maximum atomic E-state index is 12.3. The van der Waals surface area contributed by atoms with Gasteiger partial charge >= 0.3 is 0 Å². The first kappa shape index (κ1) is 6.97. The van der Waals surface area contributed by atoms with Crippen molar-refractivity contribution >= 4 is 11.6 Å². The molecule has 1 rings (SSSR count). The fourth-order valence-electron chi connectivity index (χ4n) is 0.482. The minimum atomic E-state index is -0.749. The van der Waals surface area contributed by atoms with Crippen molar-refractivity contribution in [2.45, 2.75) is 0 Å². The molecule has 10 heavy (non-hydrogen) atoms. The molecule has 0 aromatic carbocycles. The molecule has 0 saturated carbocycles. The highest BCUT2D eigenvalue weighted by Gasteiger charge is 1.99. The molecule has 0 saturated heterocycles. The van der Waals surface area contributed by atoms with Gasteiger partial charge in [-0.25, -0.2) is 4.98 Å². The molecule has 0 radical (unpaired) electrons. The normalized spacial score (nSPS) is 8.90.